The molecule has 1 aromatic carbocycles. The summed E-state index contributed by atoms with van der Waals surface area (Å²) in [6.45, 7) is 8.77. The predicted octanol–water partition coefficient (Wildman–Crippen LogP) is 3.92. The molecule has 1 N–H and O–H groups in total. The first-order valence-electron chi connectivity index (χ1n) is 9.00. The Balaban J connectivity index is 1.81. The Morgan fingerprint density at radius 3 is 2.70 bits per heavy atom. The van der Waals surface area contributed by atoms with Crippen LogP contribution in [0, 0.1) is 19.8 Å². The van der Waals surface area contributed by atoms with Crippen molar-refractivity contribution in [2.24, 2.45) is 5.92 Å². The number of halogens is 1. The lowest BCUT2D eigenvalue weighted by Gasteiger charge is -2.08. The van der Waals surface area contributed by atoms with Gasteiger partial charge in [-0.2, -0.15) is 5.10 Å². The number of hydrogen-bond donors (Lipinski definition) is 1. The standard InChI is InChI=1S/C20H26ClN3O3/c1-13(2)11-24-15(4)18(14(3)23-24)8-9-20(26)27-12-19(25)22-17-7-5-6-16(21)10-17/h5-7,10,13H,8-9,11-12H2,1-4H3,(H,22,25). The molecule has 27 heavy (non-hydrogen) atoms. The SMILES string of the molecule is Cc1nn(CC(C)C)c(C)c1CCC(=O)OCC(=O)Nc1cccc(Cl)c1. The molecule has 146 valence electrons. The molecule has 0 aliphatic heterocycles. The number of aromatic nitrogens is 2. The van der Waals surface area contributed by atoms with Crippen molar-refractivity contribution in [3.63, 3.8) is 0 Å². The van der Waals surface area contributed by atoms with Gasteiger partial charge in [-0.05, 0) is 49.9 Å². The molecule has 0 saturated carbocycles. The Morgan fingerprint density at radius 2 is 2.04 bits per heavy atom. The number of ether oxygens (including phenoxy) is 1. The molecule has 0 aliphatic carbocycles. The molecule has 1 aromatic heterocycles. The Bertz CT molecular complexity index is 815. The zero-order valence-corrected chi connectivity index (χ0v) is 17.0. The maximum atomic E-state index is 12.0. The van der Waals surface area contributed by atoms with Crippen LogP contribution in [0.4, 0.5) is 5.69 Å². The van der Waals surface area contributed by atoms with Crippen molar-refractivity contribution in [2.45, 2.75) is 47.1 Å². The monoisotopic (exact) mass is 391 g/mol. The first-order valence-corrected chi connectivity index (χ1v) is 9.38. The number of nitrogens with zero attached hydrogens (tertiary/aromatic N) is 2. The summed E-state index contributed by atoms with van der Waals surface area (Å²) in [5.74, 6) is -0.312. The van der Waals surface area contributed by atoms with Gasteiger partial charge in [-0.25, -0.2) is 0 Å². The summed E-state index contributed by atoms with van der Waals surface area (Å²) >= 11 is 5.87. The lowest BCUT2D eigenvalue weighted by molar-refractivity contribution is -0.147. The van der Waals surface area contributed by atoms with E-state index in [-0.39, 0.29) is 13.0 Å². The smallest absolute Gasteiger partial charge is 0.306 e. The van der Waals surface area contributed by atoms with Crippen LogP contribution in [0.2, 0.25) is 5.02 Å². The second kappa shape index (κ2) is 9.55. The van der Waals surface area contributed by atoms with E-state index in [0.29, 0.717) is 23.0 Å². The largest absolute Gasteiger partial charge is 0.456 e. The van der Waals surface area contributed by atoms with Gasteiger partial charge >= 0.3 is 5.97 Å². The number of nitrogens with one attached hydrogen (secondary N) is 1. The minimum Gasteiger partial charge on any atom is -0.456 e. The van der Waals surface area contributed by atoms with E-state index < -0.39 is 11.9 Å². The molecule has 6 nitrogen and oxygen atoms in total. The maximum Gasteiger partial charge on any atom is 0.306 e. The quantitative estimate of drug-likeness (QED) is 0.692. The van der Waals surface area contributed by atoms with Crippen LogP contribution >= 0.6 is 11.6 Å². The third kappa shape index (κ3) is 6.40. The highest BCUT2D eigenvalue weighted by Gasteiger charge is 2.15. The third-order valence-electron chi connectivity index (χ3n) is 4.12. The molecule has 0 unspecified atom stereocenters. The predicted molar refractivity (Wildman–Crippen MR) is 106 cm³/mol. The molecular weight excluding hydrogens is 366 g/mol. The summed E-state index contributed by atoms with van der Waals surface area (Å²) in [4.78, 5) is 23.9. The van der Waals surface area contributed by atoms with Gasteiger partial charge in [0.2, 0.25) is 0 Å². The van der Waals surface area contributed by atoms with Gasteiger partial charge in [-0.1, -0.05) is 31.5 Å². The number of esters is 1. The summed E-state index contributed by atoms with van der Waals surface area (Å²) in [6, 6.07) is 6.78. The van der Waals surface area contributed by atoms with Gasteiger partial charge < -0.3 is 10.1 Å². The van der Waals surface area contributed by atoms with Crippen LogP contribution in [0.5, 0.6) is 0 Å². The van der Waals surface area contributed by atoms with Gasteiger partial charge in [0.25, 0.3) is 5.91 Å². The minimum absolute atomic E-state index is 0.208. The van der Waals surface area contributed by atoms with E-state index >= 15 is 0 Å². The van der Waals surface area contributed by atoms with Gasteiger partial charge in [0.1, 0.15) is 0 Å². The lowest BCUT2D eigenvalue weighted by atomic mass is 10.1. The van der Waals surface area contributed by atoms with Gasteiger partial charge in [0.05, 0.1) is 5.69 Å². The van der Waals surface area contributed by atoms with Crippen LogP contribution in [-0.2, 0) is 27.3 Å². The number of aryl methyl sites for hydroxylation is 1. The van der Waals surface area contributed by atoms with Crippen LogP contribution in [0.15, 0.2) is 24.3 Å². The zero-order valence-electron chi connectivity index (χ0n) is 16.2. The van der Waals surface area contributed by atoms with Crippen LogP contribution in [0.3, 0.4) is 0 Å². The molecule has 0 fully saturated rings. The summed E-state index contributed by atoms with van der Waals surface area (Å²) < 4.78 is 7.05. The molecule has 0 atom stereocenters. The average molecular weight is 392 g/mol. The van der Waals surface area contributed by atoms with Crippen LogP contribution < -0.4 is 5.32 Å². The summed E-state index contributed by atoms with van der Waals surface area (Å²) in [5.41, 5.74) is 3.63. The molecule has 0 saturated heterocycles. The molecular formula is C20H26ClN3O3. The van der Waals surface area contributed by atoms with Crippen molar-refractivity contribution in [3.8, 4) is 0 Å². The van der Waals surface area contributed by atoms with Crippen LogP contribution in [0.25, 0.3) is 0 Å². The van der Waals surface area contributed by atoms with Gasteiger partial charge in [0.15, 0.2) is 6.61 Å². The molecule has 0 spiro atoms. The fraction of sp³-hybridized carbons (Fsp3) is 0.450. The molecule has 7 heteroatoms. The van der Waals surface area contributed by atoms with Crippen molar-refractivity contribution in [1.29, 1.82) is 0 Å². The van der Waals surface area contributed by atoms with Crippen molar-refractivity contribution >= 4 is 29.2 Å². The van der Waals surface area contributed by atoms with E-state index in [9.17, 15) is 9.59 Å². The van der Waals surface area contributed by atoms with E-state index in [0.717, 1.165) is 23.5 Å². The second-order valence-electron chi connectivity index (χ2n) is 6.94. The van der Waals surface area contributed by atoms with E-state index in [1.54, 1.807) is 24.3 Å². The topological polar surface area (TPSA) is 73.2 Å². The Morgan fingerprint density at radius 1 is 1.30 bits per heavy atom. The highest BCUT2D eigenvalue weighted by atomic mass is 35.5. The highest BCUT2D eigenvalue weighted by Crippen LogP contribution is 2.17. The lowest BCUT2D eigenvalue weighted by Crippen LogP contribution is -2.21. The molecule has 0 bridgehead atoms. The summed E-state index contributed by atoms with van der Waals surface area (Å²) in [5, 5.41) is 7.71. The first-order chi connectivity index (χ1) is 12.8. The molecule has 0 radical (unpaired) electrons. The van der Waals surface area contributed by atoms with Crippen molar-refractivity contribution in [3.05, 3.63) is 46.2 Å². The van der Waals surface area contributed by atoms with E-state index in [1.165, 1.54) is 0 Å². The van der Waals surface area contributed by atoms with E-state index in [2.05, 4.69) is 24.3 Å². The molecule has 1 amide bonds. The van der Waals surface area contributed by atoms with E-state index in [4.69, 9.17) is 16.3 Å². The van der Waals surface area contributed by atoms with Gasteiger partial charge in [-0.15, -0.1) is 0 Å². The fourth-order valence-electron chi connectivity index (χ4n) is 2.83. The Hall–Kier alpha value is -2.34. The fourth-order valence-corrected chi connectivity index (χ4v) is 3.02. The van der Waals surface area contributed by atoms with E-state index in [1.807, 2.05) is 18.5 Å². The van der Waals surface area contributed by atoms with Crippen LogP contribution in [-0.4, -0.2) is 28.3 Å². The summed E-state index contributed by atoms with van der Waals surface area (Å²) in [6.07, 6.45) is 0.754. The average Bonchev–Trinajstić information content (AvgIpc) is 2.84. The zero-order chi connectivity index (χ0) is 20.0. The number of anilines is 1. The second-order valence-corrected chi connectivity index (χ2v) is 7.38. The highest BCUT2D eigenvalue weighted by molar-refractivity contribution is 6.30. The normalized spacial score (nSPS) is 10.9. The Labute approximate surface area is 164 Å². The van der Waals surface area contributed by atoms with Gasteiger partial charge in [-0.3, -0.25) is 14.3 Å². The minimum atomic E-state index is -0.411. The number of carbonyl (C=O) groups excluding carboxylic acids is 2. The summed E-state index contributed by atoms with van der Waals surface area (Å²) in [7, 11) is 0. The number of rotatable bonds is 8. The first kappa shape index (κ1) is 21.0. The third-order valence-corrected chi connectivity index (χ3v) is 4.36. The van der Waals surface area contributed by atoms with Crippen molar-refractivity contribution < 1.29 is 14.3 Å². The Kier molecular flexibility index (Phi) is 7.42. The van der Waals surface area contributed by atoms with Crippen molar-refractivity contribution in [1.82, 2.24) is 9.78 Å². The maximum absolute atomic E-state index is 12.0. The van der Waals surface area contributed by atoms with Gasteiger partial charge in [0, 0.05) is 29.4 Å². The molecule has 2 rings (SSSR count). The molecule has 2 aromatic rings. The molecule has 1 heterocycles. The number of amides is 1. The van der Waals surface area contributed by atoms with Crippen LogP contribution in [0.1, 0.15) is 37.2 Å². The molecule has 0 aliphatic rings. The number of benzene rings is 1. The number of carbonyl (C=O) groups is 2. The van der Waals surface area contributed by atoms with Crippen molar-refractivity contribution in [2.75, 3.05) is 11.9 Å². The number of hydrogen-bond acceptors (Lipinski definition) is 4.